The van der Waals surface area contributed by atoms with Crippen molar-refractivity contribution >= 4 is 40.2 Å². The number of likely N-dealkylation sites (tertiary alicyclic amines) is 1. The topological polar surface area (TPSA) is 125 Å². The Morgan fingerprint density at radius 3 is 2.61 bits per heavy atom. The number of piperidine rings is 1. The summed E-state index contributed by atoms with van der Waals surface area (Å²) in [7, 11) is 0. The average Bonchev–Trinajstić information content (AvgIpc) is 3.39. The number of pyridine rings is 1. The van der Waals surface area contributed by atoms with Crippen molar-refractivity contribution in [2.24, 2.45) is 5.92 Å². The molecule has 0 atom stereocenters. The molecule has 0 radical (unpaired) electrons. The molecule has 2 amide bonds. The molecule has 2 aliphatic rings. The number of carbonyl (C=O) groups excluding carboxylic acids is 2. The van der Waals surface area contributed by atoms with Crippen LogP contribution in [0.15, 0.2) is 61.7 Å². The number of nitrogens with zero attached hydrogens (tertiary/aromatic N) is 4. The summed E-state index contributed by atoms with van der Waals surface area (Å²) < 4.78 is 21.1. The molecule has 11 heteroatoms. The zero-order valence-corrected chi connectivity index (χ0v) is 22.4. The van der Waals surface area contributed by atoms with E-state index in [-0.39, 0.29) is 29.3 Å². The van der Waals surface area contributed by atoms with Crippen molar-refractivity contribution in [3.63, 3.8) is 0 Å². The van der Waals surface area contributed by atoms with E-state index in [1.165, 1.54) is 24.7 Å². The highest BCUT2D eigenvalue weighted by molar-refractivity contribution is 5.93. The Morgan fingerprint density at radius 1 is 1.07 bits per heavy atom. The number of benzene rings is 1. The third-order valence-electron chi connectivity index (χ3n) is 7.81. The predicted molar refractivity (Wildman–Crippen MR) is 153 cm³/mol. The van der Waals surface area contributed by atoms with E-state index in [0.717, 1.165) is 43.1 Å². The van der Waals surface area contributed by atoms with Gasteiger partial charge in [0.1, 0.15) is 40.9 Å². The summed E-state index contributed by atoms with van der Waals surface area (Å²) in [6.07, 6.45) is 10.7. The first-order chi connectivity index (χ1) is 20.0. The standard InChI is InChI=1S/C30H30FN7O3/c1-2-26(39)38-12-9-18(10-13-38)22-16-33-28-27(22)29(35-17-34-28)36-24-7-6-20(14-23(24)31)41-21-8-11-32-25(15-21)37-30(40)19-4-3-5-19/h2,6-8,11,14-19H,1,3-5,9-10,12-13H2,(H,32,37,40)(H2,33,34,35,36). The van der Waals surface area contributed by atoms with Crippen molar-refractivity contribution in [3.8, 4) is 11.5 Å². The molecule has 1 saturated carbocycles. The van der Waals surface area contributed by atoms with Crippen LogP contribution in [0.2, 0.25) is 0 Å². The number of hydrogen-bond acceptors (Lipinski definition) is 7. The van der Waals surface area contributed by atoms with Crippen molar-refractivity contribution in [3.05, 3.63) is 73.1 Å². The van der Waals surface area contributed by atoms with Crippen LogP contribution in [0.25, 0.3) is 11.0 Å². The number of hydrogen-bond donors (Lipinski definition) is 3. The van der Waals surface area contributed by atoms with E-state index >= 15 is 4.39 Å². The average molecular weight is 556 g/mol. The van der Waals surface area contributed by atoms with Crippen molar-refractivity contribution < 1.29 is 18.7 Å². The van der Waals surface area contributed by atoms with Crippen LogP contribution in [0.1, 0.15) is 43.6 Å². The summed E-state index contributed by atoms with van der Waals surface area (Å²) in [6, 6.07) is 7.79. The normalized spacial score (nSPS) is 15.8. The molecule has 1 aliphatic heterocycles. The van der Waals surface area contributed by atoms with Crippen LogP contribution < -0.4 is 15.4 Å². The Balaban J connectivity index is 1.16. The number of aromatic amines is 1. The van der Waals surface area contributed by atoms with Gasteiger partial charge in [-0.05, 0) is 61.4 Å². The second-order valence-corrected chi connectivity index (χ2v) is 10.4. The van der Waals surface area contributed by atoms with Gasteiger partial charge in [-0.25, -0.2) is 19.3 Å². The van der Waals surface area contributed by atoms with Crippen LogP contribution in [0.3, 0.4) is 0 Å². The van der Waals surface area contributed by atoms with Gasteiger partial charge in [0.05, 0.1) is 11.1 Å². The SMILES string of the molecule is C=CC(=O)N1CCC(c2c[nH]c3ncnc(Nc4ccc(Oc5ccnc(NC(=O)C6CCC6)c5)cc4F)c23)CC1. The summed E-state index contributed by atoms with van der Waals surface area (Å²) in [5.74, 6) is 1.23. The number of rotatable bonds is 8. The van der Waals surface area contributed by atoms with Crippen LogP contribution in [-0.4, -0.2) is 49.7 Å². The van der Waals surface area contributed by atoms with E-state index in [1.807, 2.05) is 6.20 Å². The fourth-order valence-electron chi connectivity index (χ4n) is 5.31. The molecule has 4 heterocycles. The molecule has 0 bridgehead atoms. The lowest BCUT2D eigenvalue weighted by molar-refractivity contribution is -0.127. The predicted octanol–water partition coefficient (Wildman–Crippen LogP) is 5.66. The van der Waals surface area contributed by atoms with Gasteiger partial charge in [-0.1, -0.05) is 13.0 Å². The minimum atomic E-state index is -0.518. The largest absolute Gasteiger partial charge is 0.457 e. The van der Waals surface area contributed by atoms with Gasteiger partial charge in [0.2, 0.25) is 11.8 Å². The number of anilines is 3. The number of amides is 2. The fourth-order valence-corrected chi connectivity index (χ4v) is 5.31. The lowest BCUT2D eigenvalue weighted by Gasteiger charge is -2.31. The fraction of sp³-hybridized carbons (Fsp3) is 0.300. The Morgan fingerprint density at radius 2 is 1.88 bits per heavy atom. The van der Waals surface area contributed by atoms with Gasteiger partial charge >= 0.3 is 0 Å². The van der Waals surface area contributed by atoms with Gasteiger partial charge in [0.25, 0.3) is 0 Å². The number of H-pyrrole nitrogens is 1. The summed E-state index contributed by atoms with van der Waals surface area (Å²) in [5.41, 5.74) is 1.92. The minimum Gasteiger partial charge on any atom is -0.457 e. The Kier molecular flexibility index (Phi) is 7.32. The number of halogens is 1. The van der Waals surface area contributed by atoms with E-state index in [9.17, 15) is 9.59 Å². The second-order valence-electron chi connectivity index (χ2n) is 10.4. The van der Waals surface area contributed by atoms with E-state index in [2.05, 4.69) is 37.1 Å². The molecule has 4 aromatic rings. The maximum absolute atomic E-state index is 15.2. The Labute approximate surface area is 236 Å². The first-order valence-corrected chi connectivity index (χ1v) is 13.7. The van der Waals surface area contributed by atoms with Crippen LogP contribution in [0, 0.1) is 11.7 Å². The zero-order chi connectivity index (χ0) is 28.3. The second kappa shape index (κ2) is 11.4. The maximum Gasteiger partial charge on any atom is 0.245 e. The number of ether oxygens (including phenoxy) is 1. The molecule has 1 aliphatic carbocycles. The van der Waals surface area contributed by atoms with Crippen LogP contribution in [-0.2, 0) is 9.59 Å². The van der Waals surface area contributed by atoms with E-state index < -0.39 is 5.82 Å². The molecule has 210 valence electrons. The van der Waals surface area contributed by atoms with Gasteiger partial charge in [-0.15, -0.1) is 0 Å². The quantitative estimate of drug-likeness (QED) is 0.240. The van der Waals surface area contributed by atoms with Crippen molar-refractivity contribution in [1.29, 1.82) is 0 Å². The summed E-state index contributed by atoms with van der Waals surface area (Å²) >= 11 is 0. The zero-order valence-electron chi connectivity index (χ0n) is 22.4. The smallest absolute Gasteiger partial charge is 0.245 e. The van der Waals surface area contributed by atoms with Gasteiger partial charge < -0.3 is 25.3 Å². The highest BCUT2D eigenvalue weighted by Gasteiger charge is 2.27. The highest BCUT2D eigenvalue weighted by Crippen LogP contribution is 2.37. The van der Waals surface area contributed by atoms with Gasteiger partial charge in [-0.2, -0.15) is 0 Å². The molecular weight excluding hydrogens is 525 g/mol. The molecule has 41 heavy (non-hydrogen) atoms. The number of carbonyl (C=O) groups is 2. The third kappa shape index (κ3) is 5.60. The molecule has 3 N–H and O–H groups in total. The van der Waals surface area contributed by atoms with E-state index in [1.54, 1.807) is 29.2 Å². The van der Waals surface area contributed by atoms with Crippen molar-refractivity contribution in [1.82, 2.24) is 24.8 Å². The van der Waals surface area contributed by atoms with Gasteiger partial charge in [-0.3, -0.25) is 9.59 Å². The molecule has 6 rings (SSSR count). The van der Waals surface area contributed by atoms with Crippen LogP contribution >= 0.6 is 0 Å². The number of aromatic nitrogens is 4. The molecule has 0 spiro atoms. The third-order valence-corrected chi connectivity index (χ3v) is 7.81. The first-order valence-electron chi connectivity index (χ1n) is 13.7. The lowest BCUT2D eigenvalue weighted by Crippen LogP contribution is -2.36. The molecule has 1 saturated heterocycles. The number of nitrogens with one attached hydrogen (secondary N) is 3. The Hall–Kier alpha value is -4.80. The van der Waals surface area contributed by atoms with Gasteiger partial charge in [0, 0.05) is 43.5 Å². The summed E-state index contributed by atoms with van der Waals surface area (Å²) in [4.78, 5) is 42.2. The maximum atomic E-state index is 15.2. The van der Waals surface area contributed by atoms with Gasteiger partial charge in [0.15, 0.2) is 0 Å². The molecule has 0 unspecified atom stereocenters. The molecule has 10 nitrogen and oxygen atoms in total. The molecule has 1 aromatic carbocycles. The van der Waals surface area contributed by atoms with Crippen LogP contribution in [0.5, 0.6) is 11.5 Å². The monoisotopic (exact) mass is 555 g/mol. The molecule has 2 fully saturated rings. The Bertz CT molecular complexity index is 1610. The number of fused-ring (bicyclic) bond motifs is 1. The lowest BCUT2D eigenvalue weighted by atomic mass is 9.85. The van der Waals surface area contributed by atoms with E-state index in [0.29, 0.717) is 41.9 Å². The summed E-state index contributed by atoms with van der Waals surface area (Å²) in [6.45, 7) is 4.86. The van der Waals surface area contributed by atoms with E-state index in [4.69, 9.17) is 4.74 Å². The molecule has 3 aromatic heterocycles. The first kappa shape index (κ1) is 26.4. The summed E-state index contributed by atoms with van der Waals surface area (Å²) in [5, 5.41) is 6.74. The van der Waals surface area contributed by atoms with Crippen molar-refractivity contribution in [2.45, 2.75) is 38.0 Å². The highest BCUT2D eigenvalue weighted by atomic mass is 19.1. The minimum absolute atomic E-state index is 0.0371. The van der Waals surface area contributed by atoms with Crippen LogP contribution in [0.4, 0.5) is 21.7 Å². The molecular formula is C30H30FN7O3. The van der Waals surface area contributed by atoms with Crippen molar-refractivity contribution in [2.75, 3.05) is 23.7 Å².